The molecule has 1 saturated carbocycles. The summed E-state index contributed by atoms with van der Waals surface area (Å²) in [5.41, 5.74) is 2.72. The van der Waals surface area contributed by atoms with Crippen LogP contribution in [0.15, 0.2) is 16.6 Å². The van der Waals surface area contributed by atoms with Gasteiger partial charge in [-0.05, 0) is 47.8 Å². The van der Waals surface area contributed by atoms with Gasteiger partial charge in [0.1, 0.15) is 5.75 Å². The van der Waals surface area contributed by atoms with Gasteiger partial charge < -0.3 is 14.0 Å². The first-order valence-electron chi connectivity index (χ1n) is 8.75. The molecule has 0 spiro atoms. The summed E-state index contributed by atoms with van der Waals surface area (Å²) in [5.74, 6) is 0.459. The minimum absolute atomic E-state index is 0.263. The van der Waals surface area contributed by atoms with E-state index in [9.17, 15) is 4.79 Å². The second-order valence-electron chi connectivity index (χ2n) is 6.34. The summed E-state index contributed by atoms with van der Waals surface area (Å²) in [7, 11) is 1.64. The highest BCUT2D eigenvalue weighted by molar-refractivity contribution is 9.10. The van der Waals surface area contributed by atoms with Crippen LogP contribution in [0.3, 0.4) is 0 Å². The van der Waals surface area contributed by atoms with Crippen molar-refractivity contribution in [3.8, 4) is 5.75 Å². The fraction of sp³-hybridized carbons (Fsp3) is 0.526. The van der Waals surface area contributed by atoms with Gasteiger partial charge in [0.25, 0.3) is 0 Å². The molecule has 136 valence electrons. The molecular formula is C19H23Br2NO3. The summed E-state index contributed by atoms with van der Waals surface area (Å²) in [6, 6.07) is 4.43. The molecule has 2 aromatic rings. The summed E-state index contributed by atoms with van der Waals surface area (Å²) in [5, 5.41) is 1.52. The van der Waals surface area contributed by atoms with Crippen molar-refractivity contribution in [2.24, 2.45) is 0 Å². The van der Waals surface area contributed by atoms with E-state index in [0.29, 0.717) is 23.5 Å². The fourth-order valence-corrected chi connectivity index (χ4v) is 4.88. The van der Waals surface area contributed by atoms with Crippen LogP contribution in [-0.2, 0) is 10.1 Å². The third-order valence-corrected chi connectivity index (χ3v) is 6.08. The average Bonchev–Trinajstić information content (AvgIpc) is 2.94. The minimum atomic E-state index is -0.263. The molecule has 1 aliphatic rings. The van der Waals surface area contributed by atoms with E-state index in [-0.39, 0.29) is 5.97 Å². The van der Waals surface area contributed by atoms with E-state index >= 15 is 0 Å². The van der Waals surface area contributed by atoms with Crippen LogP contribution >= 0.6 is 31.9 Å². The maximum absolute atomic E-state index is 12.7. The quantitative estimate of drug-likeness (QED) is 0.396. The van der Waals surface area contributed by atoms with Gasteiger partial charge >= 0.3 is 5.97 Å². The van der Waals surface area contributed by atoms with Crippen LogP contribution in [0.1, 0.15) is 61.1 Å². The molecule has 1 aliphatic carbocycles. The Bertz CT molecular complexity index is 779. The van der Waals surface area contributed by atoms with Gasteiger partial charge in [0.05, 0.1) is 29.3 Å². The Morgan fingerprint density at radius 3 is 2.60 bits per heavy atom. The first kappa shape index (κ1) is 18.8. The molecule has 0 radical (unpaired) electrons. The van der Waals surface area contributed by atoms with Gasteiger partial charge in [-0.2, -0.15) is 0 Å². The molecule has 0 bridgehead atoms. The third kappa shape index (κ3) is 3.47. The number of hydrogen-bond acceptors (Lipinski definition) is 3. The molecule has 6 heteroatoms. The zero-order valence-electron chi connectivity index (χ0n) is 14.6. The Morgan fingerprint density at radius 2 is 2.00 bits per heavy atom. The molecule has 1 fully saturated rings. The summed E-state index contributed by atoms with van der Waals surface area (Å²) >= 11 is 7.20. The van der Waals surface area contributed by atoms with Crippen LogP contribution in [0, 0.1) is 0 Å². The number of benzene rings is 1. The molecule has 0 saturated heterocycles. The number of carbonyl (C=O) groups is 1. The van der Waals surface area contributed by atoms with Crippen LogP contribution in [0.4, 0.5) is 0 Å². The van der Waals surface area contributed by atoms with Gasteiger partial charge in [-0.25, -0.2) is 4.79 Å². The number of methoxy groups -OCH3 is 1. The van der Waals surface area contributed by atoms with E-state index < -0.39 is 0 Å². The molecule has 1 heterocycles. The number of carbonyl (C=O) groups excluding carboxylic acids is 1. The summed E-state index contributed by atoms with van der Waals surface area (Å²) in [6.07, 6.45) is 6.06. The molecule has 0 N–H and O–H groups in total. The normalized spacial score (nSPS) is 15.5. The first-order chi connectivity index (χ1) is 12.1. The van der Waals surface area contributed by atoms with Crippen molar-refractivity contribution in [1.82, 2.24) is 4.57 Å². The van der Waals surface area contributed by atoms with Gasteiger partial charge in [-0.1, -0.05) is 35.2 Å². The van der Waals surface area contributed by atoms with Gasteiger partial charge in [0.15, 0.2) is 0 Å². The van der Waals surface area contributed by atoms with E-state index in [2.05, 4.69) is 42.5 Å². The number of hydrogen-bond donors (Lipinski definition) is 0. The zero-order valence-corrected chi connectivity index (χ0v) is 17.8. The van der Waals surface area contributed by atoms with E-state index in [4.69, 9.17) is 9.47 Å². The van der Waals surface area contributed by atoms with E-state index in [0.717, 1.165) is 39.7 Å². The monoisotopic (exact) mass is 471 g/mol. The molecule has 3 rings (SSSR count). The Kier molecular flexibility index (Phi) is 6.10. The third-order valence-electron chi connectivity index (χ3n) is 4.92. The van der Waals surface area contributed by atoms with Crippen molar-refractivity contribution in [3.05, 3.63) is 27.9 Å². The number of rotatable bonds is 5. The van der Waals surface area contributed by atoms with Crippen LogP contribution in [0.25, 0.3) is 10.9 Å². The largest absolute Gasteiger partial charge is 0.496 e. The second-order valence-corrected chi connectivity index (χ2v) is 7.76. The molecule has 1 aromatic carbocycles. The lowest BCUT2D eigenvalue weighted by Gasteiger charge is -2.26. The van der Waals surface area contributed by atoms with Gasteiger partial charge in [0.2, 0.25) is 0 Å². The Hall–Kier alpha value is -1.01. The van der Waals surface area contributed by atoms with Crippen LogP contribution < -0.4 is 4.74 Å². The SMILES string of the molecule is CCOC(=O)c1c(CBr)n(C2CCCCC2)c2cc(Br)c(OC)cc12. The molecular weight excluding hydrogens is 450 g/mol. The number of nitrogens with zero attached hydrogens (tertiary/aromatic N) is 1. The molecule has 4 nitrogen and oxygen atoms in total. The summed E-state index contributed by atoms with van der Waals surface area (Å²) in [4.78, 5) is 12.7. The van der Waals surface area contributed by atoms with E-state index in [1.807, 2.05) is 13.0 Å². The lowest BCUT2D eigenvalue weighted by Crippen LogP contribution is -2.16. The maximum Gasteiger partial charge on any atom is 0.340 e. The van der Waals surface area contributed by atoms with Gasteiger partial charge in [-0.3, -0.25) is 0 Å². The van der Waals surface area contributed by atoms with Crippen molar-refractivity contribution in [2.75, 3.05) is 13.7 Å². The molecule has 1 aromatic heterocycles. The minimum Gasteiger partial charge on any atom is -0.496 e. The molecule has 0 atom stereocenters. The smallest absolute Gasteiger partial charge is 0.340 e. The number of alkyl halides is 1. The highest BCUT2D eigenvalue weighted by atomic mass is 79.9. The lowest BCUT2D eigenvalue weighted by atomic mass is 9.95. The van der Waals surface area contributed by atoms with Crippen LogP contribution in [-0.4, -0.2) is 24.3 Å². The van der Waals surface area contributed by atoms with Crippen LogP contribution in [0.5, 0.6) is 5.75 Å². The van der Waals surface area contributed by atoms with E-state index in [1.165, 1.54) is 19.3 Å². The summed E-state index contributed by atoms with van der Waals surface area (Å²) in [6.45, 7) is 2.20. The fourth-order valence-electron chi connectivity index (χ4n) is 3.84. The van der Waals surface area contributed by atoms with Crippen molar-refractivity contribution >= 4 is 48.7 Å². The molecule has 25 heavy (non-hydrogen) atoms. The van der Waals surface area contributed by atoms with Gasteiger partial charge in [0, 0.05) is 22.5 Å². The lowest BCUT2D eigenvalue weighted by molar-refractivity contribution is 0.0527. The number of aromatic nitrogens is 1. The molecule has 0 unspecified atom stereocenters. The average molecular weight is 473 g/mol. The van der Waals surface area contributed by atoms with Crippen molar-refractivity contribution in [2.45, 2.75) is 50.4 Å². The zero-order chi connectivity index (χ0) is 18.0. The number of ether oxygens (including phenoxy) is 2. The Balaban J connectivity index is 2.28. The Labute approximate surface area is 165 Å². The number of fused-ring (bicyclic) bond motifs is 1. The van der Waals surface area contributed by atoms with Gasteiger partial charge in [-0.15, -0.1) is 0 Å². The standard InChI is InChI=1S/C19H23Br2NO3/c1-3-25-19(23)18-13-9-17(24-2)14(21)10-15(13)22(16(18)11-20)12-7-5-4-6-8-12/h9-10,12H,3-8,11H2,1-2H3. The second kappa shape index (κ2) is 8.12. The highest BCUT2D eigenvalue weighted by Gasteiger charge is 2.28. The van der Waals surface area contributed by atoms with Crippen LogP contribution in [0.2, 0.25) is 0 Å². The molecule has 0 aliphatic heterocycles. The predicted octanol–water partition coefficient (Wildman–Crippen LogP) is 5.99. The van der Waals surface area contributed by atoms with E-state index in [1.54, 1.807) is 7.11 Å². The first-order valence-corrected chi connectivity index (χ1v) is 10.7. The topological polar surface area (TPSA) is 40.5 Å². The highest BCUT2D eigenvalue weighted by Crippen LogP contribution is 2.40. The predicted molar refractivity (Wildman–Crippen MR) is 107 cm³/mol. The van der Waals surface area contributed by atoms with Crippen molar-refractivity contribution < 1.29 is 14.3 Å². The Morgan fingerprint density at radius 1 is 1.28 bits per heavy atom. The van der Waals surface area contributed by atoms with Crippen molar-refractivity contribution in [3.63, 3.8) is 0 Å². The maximum atomic E-state index is 12.7. The number of halogens is 2. The summed E-state index contributed by atoms with van der Waals surface area (Å²) < 4.78 is 14.1. The number of esters is 1. The molecule has 0 amide bonds. The van der Waals surface area contributed by atoms with Crippen molar-refractivity contribution in [1.29, 1.82) is 0 Å².